The molecule has 1 aromatic rings. The molecule has 1 atom stereocenters. The van der Waals surface area contributed by atoms with E-state index in [4.69, 9.17) is 9.84 Å². The van der Waals surface area contributed by atoms with Crippen LogP contribution in [0.5, 0.6) is 5.75 Å². The Labute approximate surface area is 112 Å². The zero-order valence-electron chi connectivity index (χ0n) is 11.4. The maximum atomic E-state index is 11.6. The average molecular weight is 265 g/mol. The first-order chi connectivity index (χ1) is 8.92. The fourth-order valence-corrected chi connectivity index (χ4v) is 1.74. The Kier molecular flexibility index (Phi) is 5.36. The number of aliphatic carboxylic acids is 1. The number of carbonyl (C=O) groups excluding carboxylic acids is 1. The van der Waals surface area contributed by atoms with Crippen LogP contribution in [0, 0.1) is 13.8 Å². The van der Waals surface area contributed by atoms with Crippen molar-refractivity contribution in [2.75, 3.05) is 6.61 Å². The Morgan fingerprint density at radius 3 is 2.32 bits per heavy atom. The summed E-state index contributed by atoms with van der Waals surface area (Å²) in [6.07, 6.45) is 0.338. The molecule has 0 saturated carbocycles. The fourth-order valence-electron chi connectivity index (χ4n) is 1.74. The topological polar surface area (TPSA) is 75.6 Å². The summed E-state index contributed by atoms with van der Waals surface area (Å²) in [7, 11) is 0. The minimum atomic E-state index is -1.04. The van der Waals surface area contributed by atoms with Crippen molar-refractivity contribution in [1.29, 1.82) is 0 Å². The third-order valence-electron chi connectivity index (χ3n) is 2.61. The minimum Gasteiger partial charge on any atom is -0.484 e. The highest BCUT2D eigenvalue weighted by atomic mass is 16.5. The highest BCUT2D eigenvalue weighted by Gasteiger charge is 2.17. The van der Waals surface area contributed by atoms with Gasteiger partial charge in [-0.3, -0.25) is 4.79 Å². The molecule has 0 aliphatic carbocycles. The number of aryl methyl sites for hydroxylation is 2. The molecule has 0 radical (unpaired) electrons. The number of ether oxygens (including phenoxy) is 1. The Hall–Kier alpha value is -2.04. The van der Waals surface area contributed by atoms with Gasteiger partial charge in [-0.15, -0.1) is 0 Å². The first-order valence-corrected chi connectivity index (χ1v) is 6.15. The number of rotatable bonds is 6. The summed E-state index contributed by atoms with van der Waals surface area (Å²) in [4.78, 5) is 22.3. The third kappa shape index (κ3) is 4.99. The van der Waals surface area contributed by atoms with Gasteiger partial charge in [-0.1, -0.05) is 13.0 Å². The molecule has 0 bridgehead atoms. The van der Waals surface area contributed by atoms with Crippen LogP contribution in [0.25, 0.3) is 0 Å². The van der Waals surface area contributed by atoms with E-state index in [1.54, 1.807) is 6.92 Å². The number of nitrogens with one attached hydrogen (secondary N) is 1. The number of carboxylic acid groups (broad SMARTS) is 1. The van der Waals surface area contributed by atoms with Crippen LogP contribution in [0.1, 0.15) is 24.5 Å². The number of carboxylic acids is 1. The standard InChI is InChI=1S/C14H19NO4/c1-4-12(14(17)18)15-13(16)8-19-11-6-9(2)5-10(3)7-11/h5-7,12H,4,8H2,1-3H3,(H,15,16)(H,17,18)/t12-/m1/s1. The lowest BCUT2D eigenvalue weighted by molar-refractivity contribution is -0.142. The predicted octanol–water partition coefficient (Wildman–Crippen LogP) is 1.66. The number of benzene rings is 1. The van der Waals surface area contributed by atoms with Gasteiger partial charge in [0.1, 0.15) is 11.8 Å². The number of hydrogen-bond acceptors (Lipinski definition) is 3. The van der Waals surface area contributed by atoms with Gasteiger partial charge >= 0.3 is 5.97 Å². The molecule has 0 aliphatic rings. The molecular weight excluding hydrogens is 246 g/mol. The Morgan fingerprint density at radius 1 is 1.26 bits per heavy atom. The molecule has 2 N–H and O–H groups in total. The van der Waals surface area contributed by atoms with Gasteiger partial charge in [0.15, 0.2) is 6.61 Å². The van der Waals surface area contributed by atoms with E-state index < -0.39 is 17.9 Å². The molecule has 5 heteroatoms. The molecule has 0 saturated heterocycles. The second-order valence-corrected chi connectivity index (χ2v) is 4.48. The molecule has 0 fully saturated rings. The first kappa shape index (κ1) is 15.0. The van der Waals surface area contributed by atoms with Crippen LogP contribution in [-0.2, 0) is 9.59 Å². The molecule has 104 valence electrons. The molecule has 0 aromatic heterocycles. The zero-order valence-corrected chi connectivity index (χ0v) is 11.4. The van der Waals surface area contributed by atoms with E-state index in [9.17, 15) is 9.59 Å². The van der Waals surface area contributed by atoms with Gasteiger partial charge in [0.25, 0.3) is 5.91 Å². The summed E-state index contributed by atoms with van der Waals surface area (Å²) in [5.41, 5.74) is 2.10. The quantitative estimate of drug-likeness (QED) is 0.820. The van der Waals surface area contributed by atoms with E-state index in [1.165, 1.54) is 0 Å². The second-order valence-electron chi connectivity index (χ2n) is 4.48. The molecule has 1 rings (SSSR count). The lowest BCUT2D eigenvalue weighted by atomic mass is 10.1. The lowest BCUT2D eigenvalue weighted by Crippen LogP contribution is -2.42. The van der Waals surface area contributed by atoms with Crippen molar-refractivity contribution in [2.45, 2.75) is 33.2 Å². The van der Waals surface area contributed by atoms with E-state index in [-0.39, 0.29) is 6.61 Å². The summed E-state index contributed by atoms with van der Waals surface area (Å²) in [5.74, 6) is -0.869. The molecule has 0 unspecified atom stereocenters. The zero-order chi connectivity index (χ0) is 14.4. The molecule has 1 amide bonds. The van der Waals surface area contributed by atoms with E-state index in [1.807, 2.05) is 32.0 Å². The first-order valence-electron chi connectivity index (χ1n) is 6.15. The number of amides is 1. The Balaban J connectivity index is 2.52. The van der Waals surface area contributed by atoms with Gasteiger partial charge in [-0.25, -0.2) is 4.79 Å². The van der Waals surface area contributed by atoms with Crippen LogP contribution in [0.15, 0.2) is 18.2 Å². The van der Waals surface area contributed by atoms with Crippen molar-refractivity contribution in [3.63, 3.8) is 0 Å². The smallest absolute Gasteiger partial charge is 0.326 e. The molecule has 0 heterocycles. The van der Waals surface area contributed by atoms with Crippen molar-refractivity contribution in [2.24, 2.45) is 0 Å². The monoisotopic (exact) mass is 265 g/mol. The number of carbonyl (C=O) groups is 2. The summed E-state index contributed by atoms with van der Waals surface area (Å²) < 4.78 is 5.35. The molecule has 5 nitrogen and oxygen atoms in total. The largest absolute Gasteiger partial charge is 0.484 e. The fraction of sp³-hybridized carbons (Fsp3) is 0.429. The molecule has 1 aromatic carbocycles. The van der Waals surface area contributed by atoms with Crippen LogP contribution in [-0.4, -0.2) is 29.6 Å². The van der Waals surface area contributed by atoms with Gasteiger partial charge < -0.3 is 15.2 Å². The van der Waals surface area contributed by atoms with Crippen molar-refractivity contribution < 1.29 is 19.4 Å². The Morgan fingerprint density at radius 2 is 1.84 bits per heavy atom. The second kappa shape index (κ2) is 6.78. The van der Waals surface area contributed by atoms with Gasteiger partial charge in [0, 0.05) is 0 Å². The van der Waals surface area contributed by atoms with Crippen molar-refractivity contribution >= 4 is 11.9 Å². The SMILES string of the molecule is CC[C@@H](NC(=O)COc1cc(C)cc(C)c1)C(=O)O. The Bertz CT molecular complexity index is 450. The van der Waals surface area contributed by atoms with E-state index >= 15 is 0 Å². The maximum Gasteiger partial charge on any atom is 0.326 e. The van der Waals surface area contributed by atoms with Crippen LogP contribution >= 0.6 is 0 Å². The summed E-state index contributed by atoms with van der Waals surface area (Å²) in [5, 5.41) is 11.2. The predicted molar refractivity (Wildman–Crippen MR) is 71.3 cm³/mol. The average Bonchev–Trinajstić information content (AvgIpc) is 2.32. The molecular formula is C14H19NO4. The minimum absolute atomic E-state index is 0.188. The molecule has 19 heavy (non-hydrogen) atoms. The third-order valence-corrected chi connectivity index (χ3v) is 2.61. The van der Waals surface area contributed by atoms with E-state index in [0.29, 0.717) is 12.2 Å². The van der Waals surface area contributed by atoms with Crippen molar-refractivity contribution in [3.8, 4) is 5.75 Å². The van der Waals surface area contributed by atoms with Crippen molar-refractivity contribution in [1.82, 2.24) is 5.32 Å². The summed E-state index contributed by atoms with van der Waals surface area (Å²) in [6, 6.07) is 4.80. The highest BCUT2D eigenvalue weighted by Crippen LogP contribution is 2.15. The van der Waals surface area contributed by atoms with E-state index in [0.717, 1.165) is 11.1 Å². The van der Waals surface area contributed by atoms with Crippen LogP contribution < -0.4 is 10.1 Å². The maximum absolute atomic E-state index is 11.6. The van der Waals surface area contributed by atoms with Crippen LogP contribution in [0.2, 0.25) is 0 Å². The molecule has 0 spiro atoms. The summed E-state index contributed by atoms with van der Waals surface area (Å²) >= 11 is 0. The number of hydrogen-bond donors (Lipinski definition) is 2. The molecule has 0 aliphatic heterocycles. The van der Waals surface area contributed by atoms with Gasteiger partial charge in [0.05, 0.1) is 0 Å². The van der Waals surface area contributed by atoms with Gasteiger partial charge in [-0.05, 0) is 43.5 Å². The summed E-state index contributed by atoms with van der Waals surface area (Å²) in [6.45, 7) is 5.39. The van der Waals surface area contributed by atoms with Gasteiger partial charge in [0.2, 0.25) is 0 Å². The van der Waals surface area contributed by atoms with Crippen LogP contribution in [0.4, 0.5) is 0 Å². The van der Waals surface area contributed by atoms with Crippen LogP contribution in [0.3, 0.4) is 0 Å². The normalized spacial score (nSPS) is 11.7. The van der Waals surface area contributed by atoms with Gasteiger partial charge in [-0.2, -0.15) is 0 Å². The van der Waals surface area contributed by atoms with Crippen molar-refractivity contribution in [3.05, 3.63) is 29.3 Å². The highest BCUT2D eigenvalue weighted by molar-refractivity contribution is 5.84. The van der Waals surface area contributed by atoms with E-state index in [2.05, 4.69) is 5.32 Å². The lowest BCUT2D eigenvalue weighted by Gasteiger charge is -2.13.